The van der Waals surface area contributed by atoms with Gasteiger partial charge >= 0.3 is 6.18 Å². The molecule has 3 nitrogen and oxygen atoms in total. The van der Waals surface area contributed by atoms with Crippen LogP contribution in [0.3, 0.4) is 0 Å². The molecule has 0 atom stereocenters. The zero-order valence-electron chi connectivity index (χ0n) is 9.26. The minimum Gasteiger partial charge on any atom is -0.345 e. The maximum Gasteiger partial charge on any atom is 0.405 e. The van der Waals surface area contributed by atoms with E-state index >= 15 is 0 Å². The van der Waals surface area contributed by atoms with Gasteiger partial charge in [0.1, 0.15) is 6.54 Å². The van der Waals surface area contributed by atoms with Gasteiger partial charge < -0.3 is 10.6 Å². The average Bonchev–Trinajstić information content (AvgIpc) is 2.25. The Labute approximate surface area is 96.2 Å². The second-order valence-corrected chi connectivity index (χ2v) is 3.44. The maximum atomic E-state index is 13.7. The fraction of sp³-hybridized carbons (Fsp3) is 0.500. The van der Waals surface area contributed by atoms with Crippen LogP contribution in [0.2, 0.25) is 0 Å². The van der Waals surface area contributed by atoms with Crippen LogP contribution in [-0.2, 0) is 6.54 Å². The van der Waals surface area contributed by atoms with Gasteiger partial charge in [0, 0.05) is 24.8 Å². The van der Waals surface area contributed by atoms with Crippen molar-refractivity contribution in [3.05, 3.63) is 23.6 Å². The van der Waals surface area contributed by atoms with E-state index in [0.717, 1.165) is 4.90 Å². The first kappa shape index (κ1) is 13.7. The standard InChI is InChI=1S/C10H13F4N3/c1-2-17(6-10(12,13)14)9-8(11)7(5-15)3-4-16-9/h3-4H,2,5-6,15H2,1H3. The van der Waals surface area contributed by atoms with Gasteiger partial charge in [-0.15, -0.1) is 0 Å². The molecule has 2 N–H and O–H groups in total. The number of aromatic nitrogens is 1. The summed E-state index contributed by atoms with van der Waals surface area (Å²) in [6.07, 6.45) is -3.15. The smallest absolute Gasteiger partial charge is 0.345 e. The van der Waals surface area contributed by atoms with Gasteiger partial charge in [-0.2, -0.15) is 13.2 Å². The molecule has 0 saturated carbocycles. The highest BCUT2D eigenvalue weighted by Gasteiger charge is 2.32. The molecule has 0 bridgehead atoms. The van der Waals surface area contributed by atoms with Gasteiger partial charge in [-0.3, -0.25) is 0 Å². The molecule has 0 amide bonds. The van der Waals surface area contributed by atoms with E-state index < -0.39 is 18.5 Å². The number of nitrogens with zero attached hydrogens (tertiary/aromatic N) is 2. The lowest BCUT2D eigenvalue weighted by molar-refractivity contribution is -0.119. The first-order valence-electron chi connectivity index (χ1n) is 5.04. The van der Waals surface area contributed by atoms with Crippen LogP contribution < -0.4 is 10.6 Å². The topological polar surface area (TPSA) is 42.2 Å². The van der Waals surface area contributed by atoms with E-state index in [2.05, 4.69) is 4.98 Å². The highest BCUT2D eigenvalue weighted by molar-refractivity contribution is 5.43. The van der Waals surface area contributed by atoms with E-state index in [0.29, 0.717) is 0 Å². The molecule has 0 unspecified atom stereocenters. The van der Waals surface area contributed by atoms with Gasteiger partial charge in [0.25, 0.3) is 0 Å². The number of hydrogen-bond acceptors (Lipinski definition) is 3. The minimum atomic E-state index is -4.40. The Hall–Kier alpha value is -1.37. The number of halogens is 4. The number of nitrogens with two attached hydrogens (primary N) is 1. The molecular formula is C10H13F4N3. The lowest BCUT2D eigenvalue weighted by Gasteiger charge is -2.24. The Balaban J connectivity index is 3.04. The third-order valence-corrected chi connectivity index (χ3v) is 2.22. The highest BCUT2D eigenvalue weighted by Crippen LogP contribution is 2.23. The van der Waals surface area contributed by atoms with Crippen molar-refractivity contribution in [2.45, 2.75) is 19.6 Å². The third-order valence-electron chi connectivity index (χ3n) is 2.22. The molecule has 1 aromatic heterocycles. The second kappa shape index (κ2) is 5.31. The number of alkyl halides is 3. The van der Waals surface area contributed by atoms with Gasteiger partial charge in [0.2, 0.25) is 0 Å². The number of anilines is 1. The average molecular weight is 251 g/mol. The van der Waals surface area contributed by atoms with E-state index in [9.17, 15) is 17.6 Å². The molecule has 1 heterocycles. The Morgan fingerprint density at radius 3 is 2.53 bits per heavy atom. The first-order chi connectivity index (χ1) is 7.89. The van der Waals surface area contributed by atoms with Crippen LogP contribution >= 0.6 is 0 Å². The van der Waals surface area contributed by atoms with Crippen molar-refractivity contribution in [1.29, 1.82) is 0 Å². The summed E-state index contributed by atoms with van der Waals surface area (Å²) in [6.45, 7) is 0.200. The molecule has 0 aliphatic rings. The first-order valence-corrected chi connectivity index (χ1v) is 5.04. The van der Waals surface area contributed by atoms with Crippen molar-refractivity contribution < 1.29 is 17.6 Å². The Morgan fingerprint density at radius 1 is 1.41 bits per heavy atom. The third kappa shape index (κ3) is 3.55. The van der Waals surface area contributed by atoms with Crippen LogP contribution in [0.25, 0.3) is 0 Å². The van der Waals surface area contributed by atoms with Crippen LogP contribution in [0.5, 0.6) is 0 Å². The fourth-order valence-corrected chi connectivity index (χ4v) is 1.40. The summed E-state index contributed by atoms with van der Waals surface area (Å²) in [7, 11) is 0. The van der Waals surface area contributed by atoms with Gasteiger partial charge in [-0.05, 0) is 13.0 Å². The summed E-state index contributed by atoms with van der Waals surface area (Å²) in [5.74, 6) is -1.10. The zero-order chi connectivity index (χ0) is 13.1. The predicted octanol–water partition coefficient (Wildman–Crippen LogP) is 2.07. The molecule has 0 aromatic carbocycles. The number of hydrogen-bond donors (Lipinski definition) is 1. The molecule has 0 aliphatic carbocycles. The molecule has 1 rings (SSSR count). The van der Waals surface area contributed by atoms with Gasteiger partial charge in [0.15, 0.2) is 11.6 Å². The van der Waals surface area contributed by atoms with Gasteiger partial charge in [0.05, 0.1) is 0 Å². The predicted molar refractivity (Wildman–Crippen MR) is 56.0 cm³/mol. The van der Waals surface area contributed by atoms with Crippen molar-refractivity contribution in [1.82, 2.24) is 4.98 Å². The summed E-state index contributed by atoms with van der Waals surface area (Å²) in [5.41, 5.74) is 5.43. The summed E-state index contributed by atoms with van der Waals surface area (Å²) in [4.78, 5) is 4.47. The van der Waals surface area contributed by atoms with E-state index in [1.807, 2.05) is 0 Å². The Morgan fingerprint density at radius 2 is 2.06 bits per heavy atom. The van der Waals surface area contributed by atoms with E-state index in [1.54, 1.807) is 0 Å². The molecule has 1 aromatic rings. The summed E-state index contributed by atoms with van der Waals surface area (Å²) >= 11 is 0. The van der Waals surface area contributed by atoms with Crippen molar-refractivity contribution in [3.8, 4) is 0 Å². The maximum absolute atomic E-state index is 13.7. The fourth-order valence-electron chi connectivity index (χ4n) is 1.40. The highest BCUT2D eigenvalue weighted by atomic mass is 19.4. The lowest BCUT2D eigenvalue weighted by atomic mass is 10.2. The SMILES string of the molecule is CCN(CC(F)(F)F)c1nccc(CN)c1F. The molecular weight excluding hydrogens is 238 g/mol. The number of pyridine rings is 1. The van der Waals surface area contributed by atoms with Gasteiger partial charge in [-0.25, -0.2) is 9.37 Å². The van der Waals surface area contributed by atoms with Crippen LogP contribution in [-0.4, -0.2) is 24.2 Å². The molecule has 0 radical (unpaired) electrons. The normalized spacial score (nSPS) is 11.6. The van der Waals surface area contributed by atoms with E-state index in [1.165, 1.54) is 19.2 Å². The summed E-state index contributed by atoms with van der Waals surface area (Å²) in [6, 6.07) is 1.35. The van der Waals surface area contributed by atoms with E-state index in [-0.39, 0.29) is 24.5 Å². The van der Waals surface area contributed by atoms with Crippen molar-refractivity contribution in [3.63, 3.8) is 0 Å². The zero-order valence-corrected chi connectivity index (χ0v) is 9.26. The molecule has 7 heteroatoms. The number of rotatable bonds is 4. The quantitative estimate of drug-likeness (QED) is 0.833. The lowest BCUT2D eigenvalue weighted by Crippen LogP contribution is -2.35. The van der Waals surface area contributed by atoms with Crippen LogP contribution in [0.1, 0.15) is 12.5 Å². The second-order valence-electron chi connectivity index (χ2n) is 3.44. The van der Waals surface area contributed by atoms with Crippen LogP contribution in [0.15, 0.2) is 12.3 Å². The molecule has 0 aliphatic heterocycles. The summed E-state index contributed by atoms with van der Waals surface area (Å²) in [5, 5.41) is 0. The molecule has 17 heavy (non-hydrogen) atoms. The Kier molecular flexibility index (Phi) is 4.28. The van der Waals surface area contributed by atoms with Crippen molar-refractivity contribution in [2.24, 2.45) is 5.73 Å². The monoisotopic (exact) mass is 251 g/mol. The molecule has 0 spiro atoms. The van der Waals surface area contributed by atoms with Gasteiger partial charge in [-0.1, -0.05) is 0 Å². The largest absolute Gasteiger partial charge is 0.405 e. The van der Waals surface area contributed by atoms with Crippen molar-refractivity contribution >= 4 is 5.82 Å². The Bertz CT molecular complexity index is 378. The molecule has 96 valence electrons. The molecule has 0 fully saturated rings. The van der Waals surface area contributed by atoms with Crippen LogP contribution in [0, 0.1) is 5.82 Å². The molecule has 0 saturated heterocycles. The van der Waals surface area contributed by atoms with E-state index in [4.69, 9.17) is 5.73 Å². The van der Waals surface area contributed by atoms with Crippen LogP contribution in [0.4, 0.5) is 23.4 Å². The minimum absolute atomic E-state index is 0.0114. The van der Waals surface area contributed by atoms with Crippen molar-refractivity contribution in [2.75, 3.05) is 18.0 Å². The summed E-state index contributed by atoms with van der Waals surface area (Å²) < 4.78 is 50.6.